The van der Waals surface area contributed by atoms with Crippen LogP contribution in [0.5, 0.6) is 0 Å². The third-order valence-corrected chi connectivity index (χ3v) is 1.37. The van der Waals surface area contributed by atoms with Gasteiger partial charge in [-0.2, -0.15) is 13.2 Å². The zero-order valence-electron chi connectivity index (χ0n) is 7.22. The number of rotatable bonds is 1. The third kappa shape index (κ3) is 2.21. The fourth-order valence-electron chi connectivity index (χ4n) is 0.734. The SMILES string of the molecule is [2H]c1cc(C(F)(F)F)ccc1C(=O)O. The van der Waals surface area contributed by atoms with Crippen molar-refractivity contribution in [3.63, 3.8) is 0 Å². The van der Waals surface area contributed by atoms with Gasteiger partial charge in [0.2, 0.25) is 0 Å². The molecule has 0 aromatic heterocycles. The van der Waals surface area contributed by atoms with E-state index in [4.69, 9.17) is 6.48 Å². The van der Waals surface area contributed by atoms with Gasteiger partial charge in [0.15, 0.2) is 0 Å². The van der Waals surface area contributed by atoms with Crippen LogP contribution in [0.4, 0.5) is 13.2 Å². The molecule has 0 radical (unpaired) electrons. The predicted octanol–water partition coefficient (Wildman–Crippen LogP) is 2.40. The minimum atomic E-state index is -4.55. The van der Waals surface area contributed by atoms with Crippen molar-refractivity contribution in [2.45, 2.75) is 6.18 Å². The topological polar surface area (TPSA) is 37.3 Å². The number of carboxylic acid groups (broad SMARTS) is 1. The van der Waals surface area contributed by atoms with Crippen LogP contribution in [0.15, 0.2) is 24.2 Å². The first kappa shape index (κ1) is 8.10. The molecule has 0 spiro atoms. The van der Waals surface area contributed by atoms with E-state index in [0.717, 1.165) is 6.07 Å². The number of carbonyl (C=O) groups is 1. The molecule has 0 saturated heterocycles. The molecule has 1 aromatic carbocycles. The Balaban J connectivity index is 3.20. The minimum absolute atomic E-state index is 0.446. The van der Waals surface area contributed by atoms with Crippen molar-refractivity contribution in [1.29, 1.82) is 0 Å². The summed E-state index contributed by atoms with van der Waals surface area (Å²) in [7, 11) is 0. The quantitative estimate of drug-likeness (QED) is 0.739. The molecule has 2 nitrogen and oxygen atoms in total. The van der Waals surface area contributed by atoms with Crippen LogP contribution in [0.3, 0.4) is 0 Å². The summed E-state index contributed by atoms with van der Waals surface area (Å²) in [5.41, 5.74) is -1.47. The van der Waals surface area contributed by atoms with Crippen LogP contribution < -0.4 is 0 Å². The maximum Gasteiger partial charge on any atom is 0.416 e. The van der Waals surface area contributed by atoms with Crippen LogP contribution in [0.25, 0.3) is 0 Å². The van der Waals surface area contributed by atoms with Gasteiger partial charge >= 0.3 is 12.1 Å². The van der Waals surface area contributed by atoms with E-state index in [0.29, 0.717) is 12.1 Å². The van der Waals surface area contributed by atoms with Gasteiger partial charge in [0.1, 0.15) is 0 Å². The molecule has 0 bridgehead atoms. The van der Waals surface area contributed by atoms with Crippen molar-refractivity contribution in [3.8, 4) is 0 Å². The maximum atomic E-state index is 12.1. The van der Waals surface area contributed by atoms with Crippen molar-refractivity contribution >= 4 is 5.97 Å². The lowest BCUT2D eigenvalue weighted by atomic mass is 10.1. The van der Waals surface area contributed by atoms with E-state index < -0.39 is 29.3 Å². The van der Waals surface area contributed by atoms with Gasteiger partial charge in [-0.15, -0.1) is 0 Å². The van der Waals surface area contributed by atoms with Gasteiger partial charge in [0.05, 0.1) is 12.5 Å². The van der Waals surface area contributed by atoms with Crippen molar-refractivity contribution in [2.24, 2.45) is 0 Å². The molecular formula is C8H5F3O2. The fraction of sp³-hybridized carbons (Fsp3) is 0.125. The summed E-state index contributed by atoms with van der Waals surface area (Å²) in [6.07, 6.45) is -4.55. The van der Waals surface area contributed by atoms with Crippen molar-refractivity contribution < 1.29 is 24.4 Å². The molecule has 70 valence electrons. The molecule has 0 heterocycles. The van der Waals surface area contributed by atoms with Crippen molar-refractivity contribution in [1.82, 2.24) is 0 Å². The molecule has 0 amide bonds. The van der Waals surface area contributed by atoms with E-state index >= 15 is 0 Å². The van der Waals surface area contributed by atoms with Crippen LogP contribution in [-0.4, -0.2) is 11.1 Å². The Morgan fingerprint density at radius 1 is 1.38 bits per heavy atom. The van der Waals surface area contributed by atoms with E-state index in [-0.39, 0.29) is 0 Å². The van der Waals surface area contributed by atoms with Gasteiger partial charge in [-0.25, -0.2) is 4.79 Å². The number of hydrogen-bond donors (Lipinski definition) is 1. The maximum absolute atomic E-state index is 12.1. The van der Waals surface area contributed by atoms with Crippen LogP contribution in [0, 0.1) is 0 Å². The molecule has 1 aromatic rings. The van der Waals surface area contributed by atoms with Gasteiger partial charge in [-0.05, 0) is 24.2 Å². The van der Waals surface area contributed by atoms with Crippen LogP contribution in [-0.2, 0) is 6.18 Å². The number of halogens is 3. The lowest BCUT2D eigenvalue weighted by Gasteiger charge is -2.05. The standard InChI is InChI=1S/C8H5F3O2/c9-8(10,11)6-3-1-5(2-4-6)7(12)13/h1-4H,(H,12,13)/i1D. The Labute approximate surface area is 73.0 Å². The third-order valence-electron chi connectivity index (χ3n) is 1.37. The molecule has 0 aliphatic carbocycles. The van der Waals surface area contributed by atoms with Gasteiger partial charge in [-0.3, -0.25) is 0 Å². The summed E-state index contributed by atoms with van der Waals surface area (Å²) in [6.45, 7) is 0. The smallest absolute Gasteiger partial charge is 0.416 e. The van der Waals surface area contributed by atoms with Gasteiger partial charge in [0, 0.05) is 0 Å². The summed E-state index contributed by atoms with van der Waals surface area (Å²) in [5, 5.41) is 8.46. The van der Waals surface area contributed by atoms with Gasteiger partial charge in [-0.1, -0.05) is 0 Å². The molecule has 1 rings (SSSR count). The van der Waals surface area contributed by atoms with Crippen LogP contribution >= 0.6 is 0 Å². The highest BCUT2D eigenvalue weighted by Crippen LogP contribution is 2.28. The number of alkyl halides is 3. The number of carboxylic acids is 1. The fourth-order valence-corrected chi connectivity index (χ4v) is 0.734. The highest BCUT2D eigenvalue weighted by molar-refractivity contribution is 5.87. The van der Waals surface area contributed by atoms with E-state index in [1.165, 1.54) is 0 Å². The Hall–Kier alpha value is -1.52. The monoisotopic (exact) mass is 191 g/mol. The molecule has 5 heteroatoms. The molecule has 0 aliphatic heterocycles. The van der Waals surface area contributed by atoms with Gasteiger partial charge in [0.25, 0.3) is 0 Å². The molecule has 0 atom stereocenters. The number of benzene rings is 1. The summed E-state index contributed by atoms with van der Waals surface area (Å²) in [4.78, 5) is 10.4. The van der Waals surface area contributed by atoms with E-state index in [9.17, 15) is 18.0 Å². The molecule has 0 fully saturated rings. The highest BCUT2D eigenvalue weighted by atomic mass is 19.4. The number of aromatic carboxylic acids is 1. The second-order valence-corrected chi connectivity index (χ2v) is 2.29. The predicted molar refractivity (Wildman–Crippen MR) is 38.4 cm³/mol. The summed E-state index contributed by atoms with van der Waals surface area (Å²) in [6, 6.07) is 1.26. The average molecular weight is 191 g/mol. The van der Waals surface area contributed by atoms with Crippen LogP contribution in [0.2, 0.25) is 0 Å². The second kappa shape index (κ2) is 3.08. The van der Waals surface area contributed by atoms with Crippen molar-refractivity contribution in [2.75, 3.05) is 0 Å². The first-order valence-corrected chi connectivity index (χ1v) is 3.23. The average Bonchev–Trinajstić information content (AvgIpc) is 2.01. The molecule has 13 heavy (non-hydrogen) atoms. The first-order chi connectivity index (χ1) is 6.32. The minimum Gasteiger partial charge on any atom is -0.478 e. The summed E-state index contributed by atoms with van der Waals surface area (Å²) >= 11 is 0. The largest absolute Gasteiger partial charge is 0.478 e. The molecule has 0 unspecified atom stereocenters. The second-order valence-electron chi connectivity index (χ2n) is 2.29. The lowest BCUT2D eigenvalue weighted by Crippen LogP contribution is -2.05. The van der Waals surface area contributed by atoms with Crippen molar-refractivity contribution in [3.05, 3.63) is 35.4 Å². The lowest BCUT2D eigenvalue weighted by molar-refractivity contribution is -0.137. The zero-order chi connectivity index (χ0) is 10.9. The normalized spacial score (nSPS) is 12.4. The molecule has 0 aliphatic rings. The summed E-state index contributed by atoms with van der Waals surface area (Å²) in [5.74, 6) is -1.41. The zero-order valence-corrected chi connectivity index (χ0v) is 6.22. The number of hydrogen-bond acceptors (Lipinski definition) is 1. The van der Waals surface area contributed by atoms with Gasteiger partial charge < -0.3 is 5.11 Å². The van der Waals surface area contributed by atoms with E-state index in [2.05, 4.69) is 0 Å². The summed E-state index contributed by atoms with van der Waals surface area (Å²) < 4.78 is 43.3. The van der Waals surface area contributed by atoms with E-state index in [1.807, 2.05) is 0 Å². The van der Waals surface area contributed by atoms with E-state index in [1.54, 1.807) is 0 Å². The Morgan fingerprint density at radius 2 is 2.00 bits per heavy atom. The highest BCUT2D eigenvalue weighted by Gasteiger charge is 2.30. The van der Waals surface area contributed by atoms with Crippen LogP contribution in [0.1, 0.15) is 17.3 Å². The Kier molecular flexibility index (Phi) is 1.92. The Morgan fingerprint density at radius 3 is 2.38 bits per heavy atom. The molecule has 1 N–H and O–H groups in total. The first-order valence-electron chi connectivity index (χ1n) is 3.73. The molecular weight excluding hydrogens is 185 g/mol. The Bertz CT molecular complexity index is 373. The molecule has 0 saturated carbocycles.